The van der Waals surface area contributed by atoms with E-state index in [1.807, 2.05) is 30.3 Å². The van der Waals surface area contributed by atoms with Crippen LogP contribution in [0.3, 0.4) is 0 Å². The summed E-state index contributed by atoms with van der Waals surface area (Å²) in [7, 11) is 0. The maximum atomic E-state index is 11.2. The highest BCUT2D eigenvalue weighted by molar-refractivity contribution is 5.98. The molecule has 2 N–H and O–H groups in total. The normalized spacial score (nSPS) is 10.6. The smallest absolute Gasteiger partial charge is 0.322 e. The minimum Gasteiger partial charge on any atom is -0.480 e. The predicted molar refractivity (Wildman–Crippen MR) is 65.9 cm³/mol. The van der Waals surface area contributed by atoms with E-state index in [0.29, 0.717) is 6.42 Å². The molecule has 0 fully saturated rings. The molecule has 0 aliphatic carbocycles. The zero-order valence-corrected chi connectivity index (χ0v) is 9.80. The van der Waals surface area contributed by atoms with Gasteiger partial charge in [-0.2, -0.15) is 0 Å². The number of hydrogen-bond acceptors (Lipinski definition) is 2. The predicted octanol–water partition coefficient (Wildman–Crippen LogP) is 1.80. The lowest BCUT2D eigenvalue weighted by Gasteiger charge is -2.22. The quantitative estimate of drug-likeness (QED) is 0.593. The average molecular weight is 246 g/mol. The van der Waals surface area contributed by atoms with Crippen LogP contribution in [0.2, 0.25) is 0 Å². The van der Waals surface area contributed by atoms with Crippen LogP contribution in [0.1, 0.15) is 18.4 Å². The number of carboxylic acids is 2. The fraction of sp³-hybridized carbons (Fsp3) is 0.286. The van der Waals surface area contributed by atoms with Crippen LogP contribution in [0.25, 0.3) is 0 Å². The van der Waals surface area contributed by atoms with E-state index in [4.69, 9.17) is 16.6 Å². The second-order valence-corrected chi connectivity index (χ2v) is 4.06. The molecule has 0 unspecified atom stereocenters. The summed E-state index contributed by atoms with van der Waals surface area (Å²) in [5, 5.41) is 18.3. The van der Waals surface area contributed by atoms with Gasteiger partial charge in [-0.3, -0.25) is 9.59 Å². The third kappa shape index (κ3) is 2.89. The molecule has 0 aliphatic heterocycles. The van der Waals surface area contributed by atoms with Gasteiger partial charge in [0.1, 0.15) is 0 Å². The summed E-state index contributed by atoms with van der Waals surface area (Å²) in [6.45, 7) is 0. The molecule has 0 heterocycles. The van der Waals surface area contributed by atoms with Crippen LogP contribution in [0, 0.1) is 17.8 Å². The van der Waals surface area contributed by atoms with Gasteiger partial charge in [-0.05, 0) is 18.4 Å². The Morgan fingerprint density at radius 3 is 2.17 bits per heavy atom. The molecule has 0 spiro atoms. The fourth-order valence-electron chi connectivity index (χ4n) is 1.72. The lowest BCUT2D eigenvalue weighted by molar-refractivity contribution is -0.164. The summed E-state index contributed by atoms with van der Waals surface area (Å²) >= 11 is 0. The van der Waals surface area contributed by atoms with Crippen LogP contribution in [-0.2, 0) is 16.0 Å². The van der Waals surface area contributed by atoms with E-state index < -0.39 is 17.4 Å². The molecule has 1 rings (SSSR count). The van der Waals surface area contributed by atoms with Gasteiger partial charge in [-0.15, -0.1) is 12.3 Å². The molecule has 94 valence electrons. The van der Waals surface area contributed by atoms with Gasteiger partial charge >= 0.3 is 11.9 Å². The van der Waals surface area contributed by atoms with Crippen LogP contribution in [0.5, 0.6) is 0 Å². The average Bonchev–Trinajstić information content (AvgIpc) is 2.35. The lowest BCUT2D eigenvalue weighted by atomic mass is 9.79. The standard InChI is InChI=1S/C14H14O4/c1-2-9-14(12(15)16,13(17)18)10-8-11-6-4-3-5-7-11/h1,3-7H,8-10H2,(H,15,16)(H,17,18). The number of hydrogen-bond donors (Lipinski definition) is 2. The first-order valence-electron chi connectivity index (χ1n) is 5.47. The largest absolute Gasteiger partial charge is 0.480 e. The highest BCUT2D eigenvalue weighted by atomic mass is 16.4. The van der Waals surface area contributed by atoms with E-state index in [0.717, 1.165) is 5.56 Å². The van der Waals surface area contributed by atoms with Gasteiger partial charge in [0.2, 0.25) is 0 Å². The maximum absolute atomic E-state index is 11.2. The molecule has 1 aromatic carbocycles. The Hall–Kier alpha value is -2.28. The van der Waals surface area contributed by atoms with E-state index in [2.05, 4.69) is 5.92 Å². The third-order valence-corrected chi connectivity index (χ3v) is 2.91. The van der Waals surface area contributed by atoms with E-state index in [1.54, 1.807) is 0 Å². The number of rotatable bonds is 6. The van der Waals surface area contributed by atoms with Crippen molar-refractivity contribution >= 4 is 11.9 Å². The first-order chi connectivity index (χ1) is 8.53. The Bertz CT molecular complexity index is 456. The van der Waals surface area contributed by atoms with Crippen LogP contribution >= 0.6 is 0 Å². The molecule has 4 heteroatoms. The fourth-order valence-corrected chi connectivity index (χ4v) is 1.72. The van der Waals surface area contributed by atoms with E-state index in [-0.39, 0.29) is 12.8 Å². The van der Waals surface area contributed by atoms with Crippen molar-refractivity contribution in [3.63, 3.8) is 0 Å². The Kier molecular flexibility index (Phi) is 4.50. The van der Waals surface area contributed by atoms with Crippen molar-refractivity contribution in [3.05, 3.63) is 35.9 Å². The van der Waals surface area contributed by atoms with Gasteiger partial charge in [0.15, 0.2) is 5.41 Å². The zero-order chi connectivity index (χ0) is 13.6. The molecule has 0 aliphatic rings. The SMILES string of the molecule is C#CCC(CCc1ccccc1)(C(=O)O)C(=O)O. The summed E-state index contributed by atoms with van der Waals surface area (Å²) in [5.74, 6) is -0.625. The molecule has 0 radical (unpaired) electrons. The van der Waals surface area contributed by atoms with E-state index in [9.17, 15) is 9.59 Å². The van der Waals surface area contributed by atoms with Crippen LogP contribution in [0.15, 0.2) is 30.3 Å². The molecule has 4 nitrogen and oxygen atoms in total. The molecule has 18 heavy (non-hydrogen) atoms. The van der Waals surface area contributed by atoms with Gasteiger partial charge in [0.05, 0.1) is 0 Å². The second-order valence-electron chi connectivity index (χ2n) is 4.06. The number of benzene rings is 1. The number of aryl methyl sites for hydroxylation is 1. The number of carbonyl (C=O) groups is 2. The third-order valence-electron chi connectivity index (χ3n) is 2.91. The maximum Gasteiger partial charge on any atom is 0.322 e. The number of carboxylic acid groups (broad SMARTS) is 2. The molecular weight excluding hydrogens is 232 g/mol. The van der Waals surface area contributed by atoms with Crippen molar-refractivity contribution in [1.29, 1.82) is 0 Å². The lowest BCUT2D eigenvalue weighted by Crippen LogP contribution is -2.39. The molecular formula is C14H14O4. The molecule has 0 bridgehead atoms. The minimum atomic E-state index is -1.90. The number of terminal acetylenes is 1. The molecule has 0 saturated heterocycles. The van der Waals surface area contributed by atoms with E-state index >= 15 is 0 Å². The summed E-state index contributed by atoms with van der Waals surface area (Å²) < 4.78 is 0. The van der Waals surface area contributed by atoms with Gasteiger partial charge < -0.3 is 10.2 Å². The highest BCUT2D eigenvalue weighted by Gasteiger charge is 2.45. The second kappa shape index (κ2) is 5.87. The van der Waals surface area contributed by atoms with Gasteiger partial charge in [0, 0.05) is 6.42 Å². The van der Waals surface area contributed by atoms with Crippen molar-refractivity contribution in [2.24, 2.45) is 5.41 Å². The van der Waals surface area contributed by atoms with Crippen molar-refractivity contribution in [2.75, 3.05) is 0 Å². The Morgan fingerprint density at radius 2 is 1.72 bits per heavy atom. The summed E-state index contributed by atoms with van der Waals surface area (Å²) in [4.78, 5) is 22.4. The van der Waals surface area contributed by atoms with Crippen molar-refractivity contribution in [2.45, 2.75) is 19.3 Å². The first kappa shape index (κ1) is 13.8. The molecule has 0 amide bonds. The Balaban J connectivity index is 2.89. The summed E-state index contributed by atoms with van der Waals surface area (Å²) in [5.41, 5.74) is -1.01. The summed E-state index contributed by atoms with van der Waals surface area (Å²) in [6.07, 6.45) is 5.11. The zero-order valence-electron chi connectivity index (χ0n) is 9.80. The minimum absolute atomic E-state index is 0.0219. The molecule has 0 saturated carbocycles. The molecule has 0 atom stereocenters. The highest BCUT2D eigenvalue weighted by Crippen LogP contribution is 2.29. The van der Waals surface area contributed by atoms with E-state index in [1.165, 1.54) is 0 Å². The molecule has 1 aromatic rings. The van der Waals surface area contributed by atoms with Crippen molar-refractivity contribution < 1.29 is 19.8 Å². The van der Waals surface area contributed by atoms with Crippen LogP contribution in [-0.4, -0.2) is 22.2 Å². The van der Waals surface area contributed by atoms with Gasteiger partial charge in [-0.25, -0.2) is 0 Å². The topological polar surface area (TPSA) is 74.6 Å². The Morgan fingerprint density at radius 1 is 1.17 bits per heavy atom. The van der Waals surface area contributed by atoms with Crippen molar-refractivity contribution in [1.82, 2.24) is 0 Å². The number of aliphatic carboxylic acids is 2. The first-order valence-corrected chi connectivity index (χ1v) is 5.47. The Labute approximate surface area is 105 Å². The molecule has 0 aromatic heterocycles. The van der Waals surface area contributed by atoms with Gasteiger partial charge in [-0.1, -0.05) is 30.3 Å². The van der Waals surface area contributed by atoms with Crippen LogP contribution < -0.4 is 0 Å². The van der Waals surface area contributed by atoms with Crippen LogP contribution in [0.4, 0.5) is 0 Å². The van der Waals surface area contributed by atoms with Gasteiger partial charge in [0.25, 0.3) is 0 Å². The summed E-state index contributed by atoms with van der Waals surface area (Å²) in [6, 6.07) is 9.13. The van der Waals surface area contributed by atoms with Crippen molar-refractivity contribution in [3.8, 4) is 12.3 Å². The monoisotopic (exact) mass is 246 g/mol.